The quantitative estimate of drug-likeness (QED) is 0.816. The number of hydrogen-bond acceptors (Lipinski definition) is 4. The minimum atomic E-state index is 0.127. The molecule has 26 heavy (non-hydrogen) atoms. The van der Waals surface area contributed by atoms with E-state index in [0.717, 1.165) is 19.4 Å². The average molecular weight is 351 g/mol. The van der Waals surface area contributed by atoms with Gasteiger partial charge in [0, 0.05) is 30.5 Å². The van der Waals surface area contributed by atoms with Crippen LogP contribution in [0, 0.1) is 5.92 Å². The molecule has 1 aromatic carbocycles. The Morgan fingerprint density at radius 1 is 1.08 bits per heavy atom. The molecule has 5 heteroatoms. The van der Waals surface area contributed by atoms with E-state index in [2.05, 4.69) is 14.9 Å². The first-order valence-corrected chi connectivity index (χ1v) is 9.66. The molecule has 2 fully saturated rings. The topological polar surface area (TPSA) is 55.3 Å². The smallest absolute Gasteiger partial charge is 0.254 e. The molecule has 1 aromatic heterocycles. The Morgan fingerprint density at radius 3 is 2.77 bits per heavy atom. The molecule has 2 heterocycles. The van der Waals surface area contributed by atoms with Crippen molar-refractivity contribution in [3.05, 3.63) is 48.4 Å². The summed E-state index contributed by atoms with van der Waals surface area (Å²) in [5.74, 6) is 1.85. The Hall–Kier alpha value is -2.43. The van der Waals surface area contributed by atoms with Crippen molar-refractivity contribution < 1.29 is 9.53 Å². The molecule has 1 atom stereocenters. The van der Waals surface area contributed by atoms with Gasteiger partial charge in [-0.15, -0.1) is 0 Å². The number of benzene rings is 1. The van der Waals surface area contributed by atoms with Crippen molar-refractivity contribution in [2.24, 2.45) is 5.92 Å². The van der Waals surface area contributed by atoms with Gasteiger partial charge in [-0.05, 0) is 49.8 Å². The SMILES string of the molecule is O=C(c1cccc(Oc2cnccn2)c1)N1CCCC1C1CCCCC1. The van der Waals surface area contributed by atoms with Gasteiger partial charge in [0.1, 0.15) is 5.75 Å². The standard InChI is InChI=1S/C21H25N3O2/c25-21(24-13-5-10-19(24)16-6-2-1-3-7-16)17-8-4-9-18(14-17)26-20-15-22-11-12-23-20/h4,8-9,11-12,14-16,19H,1-3,5-7,10,13H2. The maximum absolute atomic E-state index is 13.1. The van der Waals surface area contributed by atoms with E-state index < -0.39 is 0 Å². The molecule has 0 spiro atoms. The van der Waals surface area contributed by atoms with Gasteiger partial charge >= 0.3 is 0 Å². The van der Waals surface area contributed by atoms with Crippen LogP contribution in [0.5, 0.6) is 11.6 Å². The summed E-state index contributed by atoms with van der Waals surface area (Å²) in [6, 6.07) is 7.81. The van der Waals surface area contributed by atoms with Gasteiger partial charge in [-0.2, -0.15) is 0 Å². The van der Waals surface area contributed by atoms with Crippen molar-refractivity contribution in [1.29, 1.82) is 0 Å². The predicted molar refractivity (Wildman–Crippen MR) is 99.2 cm³/mol. The van der Waals surface area contributed by atoms with E-state index in [1.54, 1.807) is 18.6 Å². The van der Waals surface area contributed by atoms with Gasteiger partial charge < -0.3 is 9.64 Å². The lowest BCUT2D eigenvalue weighted by atomic mass is 9.83. The molecule has 4 rings (SSSR count). The number of ether oxygens (including phenoxy) is 1. The molecule has 0 radical (unpaired) electrons. The molecule has 5 nitrogen and oxygen atoms in total. The highest BCUT2D eigenvalue weighted by Gasteiger charge is 2.35. The second-order valence-corrected chi connectivity index (χ2v) is 7.28. The van der Waals surface area contributed by atoms with Crippen LogP contribution < -0.4 is 4.74 Å². The average Bonchev–Trinajstić information content (AvgIpc) is 3.19. The highest BCUT2D eigenvalue weighted by atomic mass is 16.5. The number of amides is 1. The van der Waals surface area contributed by atoms with Gasteiger partial charge in [-0.1, -0.05) is 25.3 Å². The zero-order chi connectivity index (χ0) is 17.8. The largest absolute Gasteiger partial charge is 0.437 e. The zero-order valence-electron chi connectivity index (χ0n) is 15.0. The number of aromatic nitrogens is 2. The second-order valence-electron chi connectivity index (χ2n) is 7.28. The van der Waals surface area contributed by atoms with Crippen LogP contribution in [-0.4, -0.2) is 33.4 Å². The van der Waals surface area contributed by atoms with Crippen molar-refractivity contribution in [3.63, 3.8) is 0 Å². The molecule has 0 bridgehead atoms. The van der Waals surface area contributed by atoms with Crippen LogP contribution in [0.15, 0.2) is 42.9 Å². The molecule has 1 aliphatic carbocycles. The lowest BCUT2D eigenvalue weighted by molar-refractivity contribution is 0.0661. The first-order valence-electron chi connectivity index (χ1n) is 9.66. The fourth-order valence-corrected chi connectivity index (χ4v) is 4.37. The normalized spacial score (nSPS) is 20.9. The third-order valence-corrected chi connectivity index (χ3v) is 5.60. The first-order chi connectivity index (χ1) is 12.8. The van der Waals surface area contributed by atoms with E-state index in [1.165, 1.54) is 32.1 Å². The fraction of sp³-hybridized carbons (Fsp3) is 0.476. The Balaban J connectivity index is 1.49. The molecule has 136 valence electrons. The van der Waals surface area contributed by atoms with Crippen molar-refractivity contribution in [2.75, 3.05) is 6.54 Å². The van der Waals surface area contributed by atoms with Crippen molar-refractivity contribution >= 4 is 5.91 Å². The van der Waals surface area contributed by atoms with Crippen molar-refractivity contribution in [2.45, 2.75) is 51.0 Å². The van der Waals surface area contributed by atoms with Crippen molar-refractivity contribution in [3.8, 4) is 11.6 Å². The van der Waals surface area contributed by atoms with E-state index in [9.17, 15) is 4.79 Å². The molecule has 2 aromatic rings. The summed E-state index contributed by atoms with van der Waals surface area (Å²) in [5.41, 5.74) is 0.689. The van der Waals surface area contributed by atoms with Crippen LogP contribution in [0.1, 0.15) is 55.3 Å². The monoisotopic (exact) mass is 351 g/mol. The molecule has 1 aliphatic heterocycles. The van der Waals surface area contributed by atoms with Gasteiger partial charge in [-0.3, -0.25) is 9.78 Å². The number of nitrogens with zero attached hydrogens (tertiary/aromatic N) is 3. The van der Waals surface area contributed by atoms with Crippen LogP contribution in [-0.2, 0) is 0 Å². The zero-order valence-corrected chi connectivity index (χ0v) is 15.0. The number of carbonyl (C=O) groups excluding carboxylic acids is 1. The molecule has 1 amide bonds. The highest BCUT2D eigenvalue weighted by molar-refractivity contribution is 5.95. The van der Waals surface area contributed by atoms with Gasteiger partial charge in [0.25, 0.3) is 5.91 Å². The third kappa shape index (κ3) is 3.71. The van der Waals surface area contributed by atoms with Gasteiger partial charge in [-0.25, -0.2) is 4.98 Å². The van der Waals surface area contributed by atoms with E-state index in [0.29, 0.717) is 29.2 Å². The predicted octanol–water partition coefficient (Wildman–Crippen LogP) is 4.45. The Bertz CT molecular complexity index is 744. The maximum atomic E-state index is 13.1. The second kappa shape index (κ2) is 7.85. The van der Waals surface area contributed by atoms with Crippen molar-refractivity contribution in [1.82, 2.24) is 14.9 Å². The summed E-state index contributed by atoms with van der Waals surface area (Å²) in [5, 5.41) is 0. The summed E-state index contributed by atoms with van der Waals surface area (Å²) in [7, 11) is 0. The summed E-state index contributed by atoms with van der Waals surface area (Å²) >= 11 is 0. The molecule has 1 saturated heterocycles. The van der Waals surface area contributed by atoms with E-state index in [1.807, 2.05) is 24.3 Å². The number of rotatable bonds is 4. The fourth-order valence-electron chi connectivity index (χ4n) is 4.37. The minimum absolute atomic E-state index is 0.127. The molecule has 2 aliphatic rings. The lowest BCUT2D eigenvalue weighted by Gasteiger charge is -2.34. The van der Waals surface area contributed by atoms with E-state index in [4.69, 9.17) is 4.74 Å². The summed E-state index contributed by atoms with van der Waals surface area (Å²) in [6.45, 7) is 0.870. The van der Waals surface area contributed by atoms with Crippen LogP contribution in [0.2, 0.25) is 0 Å². The van der Waals surface area contributed by atoms with Gasteiger partial charge in [0.05, 0.1) is 6.20 Å². The Kier molecular flexibility index (Phi) is 5.14. The van der Waals surface area contributed by atoms with Crippen LogP contribution in [0.3, 0.4) is 0 Å². The van der Waals surface area contributed by atoms with Crippen LogP contribution in [0.25, 0.3) is 0 Å². The number of hydrogen-bond donors (Lipinski definition) is 0. The van der Waals surface area contributed by atoms with E-state index >= 15 is 0 Å². The number of likely N-dealkylation sites (tertiary alicyclic amines) is 1. The first kappa shape index (κ1) is 17.0. The Labute approximate surface area is 154 Å². The Morgan fingerprint density at radius 2 is 1.96 bits per heavy atom. The molecule has 0 N–H and O–H groups in total. The molecule has 1 saturated carbocycles. The van der Waals surface area contributed by atoms with E-state index in [-0.39, 0.29) is 5.91 Å². The summed E-state index contributed by atoms with van der Waals surface area (Å²) in [6.07, 6.45) is 13.5. The molecular weight excluding hydrogens is 326 g/mol. The minimum Gasteiger partial charge on any atom is -0.437 e. The van der Waals surface area contributed by atoms with Gasteiger partial charge in [0.2, 0.25) is 5.88 Å². The summed E-state index contributed by atoms with van der Waals surface area (Å²) in [4.78, 5) is 23.4. The van der Waals surface area contributed by atoms with Crippen LogP contribution >= 0.6 is 0 Å². The number of carbonyl (C=O) groups is 1. The molecular formula is C21H25N3O2. The lowest BCUT2D eigenvalue weighted by Crippen LogP contribution is -2.40. The van der Waals surface area contributed by atoms with Gasteiger partial charge in [0.15, 0.2) is 0 Å². The maximum Gasteiger partial charge on any atom is 0.254 e. The van der Waals surface area contributed by atoms with Crippen LogP contribution in [0.4, 0.5) is 0 Å². The highest BCUT2D eigenvalue weighted by Crippen LogP contribution is 2.35. The molecule has 1 unspecified atom stereocenters. The summed E-state index contributed by atoms with van der Waals surface area (Å²) < 4.78 is 5.73. The third-order valence-electron chi connectivity index (χ3n) is 5.60.